The number of hydrogen-bond donors (Lipinski definition) is 1. The van der Waals surface area contributed by atoms with Crippen molar-refractivity contribution in [3.8, 4) is 0 Å². The van der Waals surface area contributed by atoms with Crippen LogP contribution in [0.1, 0.15) is 12.2 Å². The zero-order valence-electron chi connectivity index (χ0n) is 6.20. The lowest BCUT2D eigenvalue weighted by atomic mass is 10.3. The zero-order valence-corrected chi connectivity index (χ0v) is 6.95. The van der Waals surface area contributed by atoms with Crippen LogP contribution >= 0.6 is 11.6 Å². The van der Waals surface area contributed by atoms with Gasteiger partial charge in [0.25, 0.3) is 0 Å². The Labute approximate surface area is 74.2 Å². The molecule has 1 N–H and O–H groups in total. The van der Waals surface area contributed by atoms with E-state index < -0.39 is 5.97 Å². The summed E-state index contributed by atoms with van der Waals surface area (Å²) in [6, 6.07) is 0. The quantitative estimate of drug-likeness (QED) is 0.769. The predicted molar refractivity (Wildman–Crippen MR) is 43.0 cm³/mol. The van der Waals surface area contributed by atoms with Gasteiger partial charge in [-0.1, -0.05) is 11.6 Å². The molecule has 0 fully saturated rings. The van der Waals surface area contributed by atoms with Crippen molar-refractivity contribution in [1.82, 2.24) is 9.97 Å². The lowest BCUT2D eigenvalue weighted by Crippen LogP contribution is -2.00. The van der Waals surface area contributed by atoms with Crippen LogP contribution in [-0.4, -0.2) is 21.0 Å². The molecule has 0 aliphatic rings. The second-order valence-corrected chi connectivity index (χ2v) is 2.65. The minimum atomic E-state index is -0.853. The van der Waals surface area contributed by atoms with E-state index in [4.69, 9.17) is 16.7 Å². The summed E-state index contributed by atoms with van der Waals surface area (Å²) in [5, 5.41) is 8.80. The van der Waals surface area contributed by atoms with Gasteiger partial charge in [-0.15, -0.1) is 0 Å². The third-order valence-electron chi connectivity index (χ3n) is 1.24. The summed E-state index contributed by atoms with van der Waals surface area (Å²) in [6.07, 6.45) is 3.28. The molecule has 1 aromatic rings. The van der Waals surface area contributed by atoms with Crippen LogP contribution in [0.15, 0.2) is 12.4 Å². The van der Waals surface area contributed by atoms with Crippen LogP contribution in [-0.2, 0) is 11.2 Å². The van der Waals surface area contributed by atoms with Crippen LogP contribution in [0.3, 0.4) is 0 Å². The van der Waals surface area contributed by atoms with E-state index in [0.717, 1.165) is 0 Å². The fraction of sp³-hybridized carbons (Fsp3) is 0.286. The summed E-state index contributed by atoms with van der Waals surface area (Å²) < 4.78 is 0. The first-order valence-corrected chi connectivity index (χ1v) is 3.74. The lowest BCUT2D eigenvalue weighted by molar-refractivity contribution is -0.137. The molecule has 0 aliphatic heterocycles. The topological polar surface area (TPSA) is 63.1 Å². The Morgan fingerprint density at radius 1 is 1.50 bits per heavy atom. The first-order chi connectivity index (χ1) is 5.68. The van der Waals surface area contributed by atoms with Crippen molar-refractivity contribution in [3.05, 3.63) is 23.2 Å². The Kier molecular flexibility index (Phi) is 2.99. The van der Waals surface area contributed by atoms with Gasteiger partial charge in [0, 0.05) is 18.8 Å². The van der Waals surface area contributed by atoms with Gasteiger partial charge in [-0.2, -0.15) is 0 Å². The van der Waals surface area contributed by atoms with E-state index in [2.05, 4.69) is 9.97 Å². The average Bonchev–Trinajstić information content (AvgIpc) is 2.03. The number of halogens is 1. The number of hydrogen-bond acceptors (Lipinski definition) is 3. The molecule has 12 heavy (non-hydrogen) atoms. The molecule has 1 aromatic heterocycles. The first kappa shape index (κ1) is 8.93. The highest BCUT2D eigenvalue weighted by molar-refractivity contribution is 6.30. The highest BCUT2D eigenvalue weighted by atomic mass is 35.5. The van der Waals surface area contributed by atoms with Crippen molar-refractivity contribution in [2.24, 2.45) is 0 Å². The summed E-state index contributed by atoms with van der Waals surface area (Å²) >= 11 is 5.53. The van der Waals surface area contributed by atoms with Gasteiger partial charge in [0.2, 0.25) is 0 Å². The summed E-state index contributed by atoms with van der Waals surface area (Å²) in [6.45, 7) is 0. The number of aliphatic carboxylic acids is 1. The second kappa shape index (κ2) is 4.01. The summed E-state index contributed by atoms with van der Waals surface area (Å²) in [4.78, 5) is 17.8. The number of rotatable bonds is 3. The van der Waals surface area contributed by atoms with E-state index in [1.165, 1.54) is 12.4 Å². The van der Waals surface area contributed by atoms with Gasteiger partial charge >= 0.3 is 5.97 Å². The molecule has 0 saturated heterocycles. The Hall–Kier alpha value is -1.16. The van der Waals surface area contributed by atoms with Gasteiger partial charge in [0.05, 0.1) is 11.4 Å². The highest BCUT2D eigenvalue weighted by Gasteiger charge is 2.00. The van der Waals surface area contributed by atoms with E-state index in [-0.39, 0.29) is 6.42 Å². The highest BCUT2D eigenvalue weighted by Crippen LogP contribution is 2.03. The molecule has 1 rings (SSSR count). The number of carboxylic acid groups (broad SMARTS) is 1. The van der Waals surface area contributed by atoms with Gasteiger partial charge in [-0.25, -0.2) is 9.97 Å². The maximum Gasteiger partial charge on any atom is 0.303 e. The third kappa shape index (κ3) is 2.84. The Bertz CT molecular complexity index is 273. The van der Waals surface area contributed by atoms with Crippen molar-refractivity contribution < 1.29 is 9.90 Å². The molecule has 0 amide bonds. The largest absolute Gasteiger partial charge is 0.481 e. The molecule has 64 valence electrons. The van der Waals surface area contributed by atoms with E-state index in [0.29, 0.717) is 17.3 Å². The molecule has 0 saturated carbocycles. The van der Waals surface area contributed by atoms with Gasteiger partial charge in [-0.05, 0) is 0 Å². The van der Waals surface area contributed by atoms with Crippen molar-refractivity contribution in [3.63, 3.8) is 0 Å². The average molecular weight is 187 g/mol. The lowest BCUT2D eigenvalue weighted by Gasteiger charge is -1.95. The Morgan fingerprint density at radius 3 is 2.58 bits per heavy atom. The Morgan fingerprint density at radius 2 is 2.08 bits per heavy atom. The zero-order chi connectivity index (χ0) is 8.97. The molecular weight excluding hydrogens is 180 g/mol. The SMILES string of the molecule is O=C(O)CCc1ncc(Cl)cn1. The van der Waals surface area contributed by atoms with Crippen molar-refractivity contribution in [1.29, 1.82) is 0 Å². The maximum absolute atomic E-state index is 10.2. The van der Waals surface area contributed by atoms with Gasteiger partial charge in [0.1, 0.15) is 5.82 Å². The van der Waals surface area contributed by atoms with Crippen molar-refractivity contribution in [2.45, 2.75) is 12.8 Å². The summed E-state index contributed by atoms with van der Waals surface area (Å²) in [5.41, 5.74) is 0. The molecule has 0 aromatic carbocycles. The number of carbonyl (C=O) groups is 1. The fourth-order valence-corrected chi connectivity index (χ4v) is 0.784. The smallest absolute Gasteiger partial charge is 0.303 e. The second-order valence-electron chi connectivity index (χ2n) is 2.21. The molecule has 0 atom stereocenters. The van der Waals surface area contributed by atoms with E-state index in [1.807, 2.05) is 0 Å². The summed E-state index contributed by atoms with van der Waals surface area (Å²) in [7, 11) is 0. The minimum Gasteiger partial charge on any atom is -0.481 e. The van der Waals surface area contributed by atoms with E-state index in [1.54, 1.807) is 0 Å². The Balaban J connectivity index is 2.53. The van der Waals surface area contributed by atoms with Gasteiger partial charge in [-0.3, -0.25) is 4.79 Å². The van der Waals surface area contributed by atoms with Crippen molar-refractivity contribution in [2.75, 3.05) is 0 Å². The van der Waals surface area contributed by atoms with Crippen LogP contribution in [0, 0.1) is 0 Å². The number of aryl methyl sites for hydroxylation is 1. The maximum atomic E-state index is 10.2. The van der Waals surface area contributed by atoms with Crippen LogP contribution < -0.4 is 0 Å². The molecule has 0 radical (unpaired) electrons. The first-order valence-electron chi connectivity index (χ1n) is 3.36. The standard InChI is InChI=1S/C7H7ClN2O2/c8-5-3-9-6(10-4-5)1-2-7(11)12/h3-4H,1-2H2,(H,11,12). The number of aromatic nitrogens is 2. The molecule has 0 spiro atoms. The van der Waals surface area contributed by atoms with E-state index >= 15 is 0 Å². The molecule has 0 bridgehead atoms. The van der Waals surface area contributed by atoms with Crippen LogP contribution in [0.2, 0.25) is 5.02 Å². The number of carboxylic acids is 1. The normalized spacial score (nSPS) is 9.75. The monoisotopic (exact) mass is 186 g/mol. The van der Waals surface area contributed by atoms with Crippen LogP contribution in [0.4, 0.5) is 0 Å². The third-order valence-corrected chi connectivity index (χ3v) is 1.43. The van der Waals surface area contributed by atoms with Gasteiger partial charge < -0.3 is 5.11 Å². The van der Waals surface area contributed by atoms with Crippen molar-refractivity contribution >= 4 is 17.6 Å². The number of nitrogens with zero attached hydrogens (tertiary/aromatic N) is 2. The van der Waals surface area contributed by atoms with E-state index in [9.17, 15) is 4.79 Å². The molecular formula is C7H7ClN2O2. The van der Waals surface area contributed by atoms with Crippen LogP contribution in [0.25, 0.3) is 0 Å². The predicted octanol–water partition coefficient (Wildman–Crippen LogP) is 1.15. The molecule has 4 nitrogen and oxygen atoms in total. The summed E-state index contributed by atoms with van der Waals surface area (Å²) in [5.74, 6) is -0.352. The molecule has 5 heteroatoms. The minimum absolute atomic E-state index is 0.0433. The molecule has 1 heterocycles. The molecule has 0 aliphatic carbocycles. The fourth-order valence-electron chi connectivity index (χ4n) is 0.687. The van der Waals surface area contributed by atoms with Gasteiger partial charge in [0.15, 0.2) is 0 Å². The molecule has 0 unspecified atom stereocenters. The van der Waals surface area contributed by atoms with Crippen LogP contribution in [0.5, 0.6) is 0 Å².